The maximum atomic E-state index is 5.65. The average Bonchev–Trinajstić information content (AvgIpc) is 3.34. The summed E-state index contributed by atoms with van der Waals surface area (Å²) in [6, 6.07) is 8.43. The smallest absolute Gasteiger partial charge is 0.122 e. The van der Waals surface area contributed by atoms with E-state index in [0.717, 1.165) is 37.6 Å². The van der Waals surface area contributed by atoms with Crippen molar-refractivity contribution in [1.29, 1.82) is 0 Å². The van der Waals surface area contributed by atoms with Crippen LogP contribution < -0.4 is 5.32 Å². The van der Waals surface area contributed by atoms with Gasteiger partial charge in [-0.2, -0.15) is 5.10 Å². The van der Waals surface area contributed by atoms with Crippen molar-refractivity contribution < 1.29 is 4.42 Å². The normalized spacial score (nSPS) is 12.8. The number of rotatable bonds is 9. The maximum Gasteiger partial charge on any atom is 0.122 e. The quantitative estimate of drug-likeness (QED) is 0.618. The van der Waals surface area contributed by atoms with E-state index in [0.29, 0.717) is 0 Å². The Morgan fingerprint density at radius 1 is 1.29 bits per heavy atom. The van der Waals surface area contributed by atoms with Crippen molar-refractivity contribution in [2.45, 2.75) is 26.4 Å². The Morgan fingerprint density at radius 3 is 2.83 bits per heavy atom. The summed E-state index contributed by atoms with van der Waals surface area (Å²) < 4.78 is 5.65. The summed E-state index contributed by atoms with van der Waals surface area (Å²) in [7, 11) is 0. The highest BCUT2D eigenvalue weighted by Gasteiger charge is 2.20. The van der Waals surface area contributed by atoms with Gasteiger partial charge in [0.2, 0.25) is 0 Å². The number of aromatic nitrogens is 2. The molecular weight excluding hydrogens is 320 g/mol. The van der Waals surface area contributed by atoms with Crippen LogP contribution in [0.5, 0.6) is 0 Å². The van der Waals surface area contributed by atoms with E-state index in [1.807, 2.05) is 12.3 Å². The van der Waals surface area contributed by atoms with Crippen molar-refractivity contribution in [3.05, 3.63) is 53.4 Å². The van der Waals surface area contributed by atoms with E-state index in [-0.39, 0.29) is 6.04 Å². The van der Waals surface area contributed by atoms with E-state index in [1.165, 1.54) is 10.4 Å². The van der Waals surface area contributed by atoms with Crippen LogP contribution in [-0.2, 0) is 6.54 Å². The van der Waals surface area contributed by atoms with E-state index < -0.39 is 0 Å². The summed E-state index contributed by atoms with van der Waals surface area (Å²) in [6.45, 7) is 7.98. The molecule has 3 heterocycles. The topological polar surface area (TPSA) is 57.1 Å². The number of hydrogen-bond donors (Lipinski definition) is 2. The number of furan rings is 1. The fraction of sp³-hybridized carbons (Fsp3) is 0.389. The van der Waals surface area contributed by atoms with Gasteiger partial charge in [0.15, 0.2) is 0 Å². The van der Waals surface area contributed by atoms with Crippen LogP contribution >= 0.6 is 11.3 Å². The zero-order valence-electron chi connectivity index (χ0n) is 14.2. The third-order valence-corrected chi connectivity index (χ3v) is 5.15. The van der Waals surface area contributed by atoms with Gasteiger partial charge in [0, 0.05) is 18.7 Å². The molecular formula is C18H24N4OS. The van der Waals surface area contributed by atoms with E-state index in [1.54, 1.807) is 17.6 Å². The van der Waals surface area contributed by atoms with Crippen molar-refractivity contribution in [2.75, 3.05) is 19.6 Å². The van der Waals surface area contributed by atoms with Crippen molar-refractivity contribution in [1.82, 2.24) is 20.4 Å². The zero-order chi connectivity index (χ0) is 16.8. The molecule has 0 spiro atoms. The lowest BCUT2D eigenvalue weighted by atomic mass is 10.1. The Balaban J connectivity index is 1.65. The molecule has 2 N–H and O–H groups in total. The molecule has 0 radical (unpaired) electrons. The summed E-state index contributed by atoms with van der Waals surface area (Å²) in [6.07, 6.45) is 3.65. The largest absolute Gasteiger partial charge is 0.468 e. The summed E-state index contributed by atoms with van der Waals surface area (Å²) in [4.78, 5) is 3.62. The predicted molar refractivity (Wildman–Crippen MR) is 98.0 cm³/mol. The molecule has 0 aromatic carbocycles. The number of thiophene rings is 1. The summed E-state index contributed by atoms with van der Waals surface area (Å²) >= 11 is 1.72. The first-order chi connectivity index (χ1) is 11.8. The Hall–Kier alpha value is -1.89. The van der Waals surface area contributed by atoms with Crippen molar-refractivity contribution in [3.63, 3.8) is 0 Å². The molecule has 24 heavy (non-hydrogen) atoms. The van der Waals surface area contributed by atoms with Gasteiger partial charge in [-0.05, 0) is 36.7 Å². The van der Waals surface area contributed by atoms with Crippen LogP contribution in [0.4, 0.5) is 0 Å². The van der Waals surface area contributed by atoms with Crippen LogP contribution in [0.15, 0.2) is 46.5 Å². The van der Waals surface area contributed by atoms with Crippen LogP contribution in [0.3, 0.4) is 0 Å². The first-order valence-electron chi connectivity index (χ1n) is 8.37. The zero-order valence-corrected chi connectivity index (χ0v) is 15.0. The first kappa shape index (κ1) is 17.0. The Bertz CT molecular complexity index is 701. The summed E-state index contributed by atoms with van der Waals surface area (Å²) in [5.41, 5.74) is 2.30. The molecule has 3 rings (SSSR count). The van der Waals surface area contributed by atoms with Gasteiger partial charge < -0.3 is 9.73 Å². The second kappa shape index (κ2) is 8.28. The second-order valence-corrected chi connectivity index (χ2v) is 6.58. The van der Waals surface area contributed by atoms with Crippen LogP contribution in [0, 0.1) is 0 Å². The molecule has 0 aliphatic rings. The third-order valence-electron chi connectivity index (χ3n) is 4.26. The van der Waals surface area contributed by atoms with Crippen LogP contribution in [0.25, 0.3) is 10.6 Å². The fourth-order valence-corrected chi connectivity index (χ4v) is 3.73. The lowest BCUT2D eigenvalue weighted by molar-refractivity contribution is 0.188. The van der Waals surface area contributed by atoms with Gasteiger partial charge in [0.05, 0.1) is 29.1 Å². The Morgan fingerprint density at radius 2 is 2.17 bits per heavy atom. The molecule has 0 aliphatic carbocycles. The maximum absolute atomic E-state index is 5.65. The predicted octanol–water partition coefficient (Wildman–Crippen LogP) is 3.90. The van der Waals surface area contributed by atoms with Crippen LogP contribution in [-0.4, -0.2) is 34.7 Å². The van der Waals surface area contributed by atoms with Gasteiger partial charge in [0.1, 0.15) is 5.76 Å². The van der Waals surface area contributed by atoms with Gasteiger partial charge in [-0.3, -0.25) is 10.00 Å². The van der Waals surface area contributed by atoms with Crippen LogP contribution in [0.1, 0.15) is 31.2 Å². The lowest BCUT2D eigenvalue weighted by Gasteiger charge is -2.28. The van der Waals surface area contributed by atoms with Gasteiger partial charge in [-0.1, -0.05) is 19.9 Å². The fourth-order valence-electron chi connectivity index (χ4n) is 2.98. The third kappa shape index (κ3) is 3.77. The van der Waals surface area contributed by atoms with Crippen molar-refractivity contribution >= 4 is 11.3 Å². The van der Waals surface area contributed by atoms with Crippen molar-refractivity contribution in [2.24, 2.45) is 0 Å². The minimum atomic E-state index is 0.243. The molecule has 5 nitrogen and oxygen atoms in total. The lowest BCUT2D eigenvalue weighted by Crippen LogP contribution is -2.35. The van der Waals surface area contributed by atoms with E-state index in [2.05, 4.69) is 57.8 Å². The monoisotopic (exact) mass is 344 g/mol. The van der Waals surface area contributed by atoms with Gasteiger partial charge in [-0.25, -0.2) is 0 Å². The number of likely N-dealkylation sites (N-methyl/N-ethyl adjacent to an activating group) is 1. The molecule has 1 unspecified atom stereocenters. The SMILES string of the molecule is CCN(CC)C(CNCc1cn[nH]c1-c1cccs1)c1ccco1. The first-order valence-corrected chi connectivity index (χ1v) is 9.25. The van der Waals surface area contributed by atoms with E-state index in [4.69, 9.17) is 4.42 Å². The molecule has 0 saturated carbocycles. The molecule has 128 valence electrons. The van der Waals surface area contributed by atoms with Gasteiger partial charge in [-0.15, -0.1) is 11.3 Å². The van der Waals surface area contributed by atoms with E-state index >= 15 is 0 Å². The molecule has 3 aromatic rings. The molecule has 0 saturated heterocycles. The highest BCUT2D eigenvalue weighted by molar-refractivity contribution is 7.13. The van der Waals surface area contributed by atoms with Gasteiger partial charge >= 0.3 is 0 Å². The molecule has 1 atom stereocenters. The second-order valence-electron chi connectivity index (χ2n) is 5.63. The van der Waals surface area contributed by atoms with Crippen molar-refractivity contribution in [3.8, 4) is 10.6 Å². The molecule has 0 amide bonds. The highest BCUT2D eigenvalue weighted by atomic mass is 32.1. The minimum Gasteiger partial charge on any atom is -0.468 e. The number of nitrogens with zero attached hydrogens (tertiary/aromatic N) is 2. The standard InChI is InChI=1S/C18H24N4OS/c1-3-22(4-2)15(16-7-5-9-23-16)13-19-11-14-12-20-21-18(14)17-8-6-10-24-17/h5-10,12,15,19H,3-4,11,13H2,1-2H3,(H,20,21). The Labute approximate surface area is 146 Å². The van der Waals surface area contributed by atoms with Gasteiger partial charge in [0.25, 0.3) is 0 Å². The van der Waals surface area contributed by atoms with Crippen LogP contribution in [0.2, 0.25) is 0 Å². The molecule has 0 bridgehead atoms. The summed E-state index contributed by atoms with van der Waals surface area (Å²) in [5.74, 6) is 1.01. The molecule has 0 fully saturated rings. The Kier molecular flexibility index (Phi) is 5.85. The minimum absolute atomic E-state index is 0.243. The van der Waals surface area contributed by atoms with E-state index in [9.17, 15) is 0 Å². The molecule has 3 aromatic heterocycles. The number of nitrogens with one attached hydrogen (secondary N) is 2. The average molecular weight is 344 g/mol. The summed E-state index contributed by atoms with van der Waals surface area (Å²) in [5, 5.41) is 13.0. The molecule has 6 heteroatoms. The number of hydrogen-bond acceptors (Lipinski definition) is 5. The number of H-pyrrole nitrogens is 1. The number of aromatic amines is 1. The molecule has 0 aliphatic heterocycles. The highest BCUT2D eigenvalue weighted by Crippen LogP contribution is 2.26.